The largest absolute Gasteiger partial charge is 0.245 e. The van der Waals surface area contributed by atoms with Crippen molar-refractivity contribution in [2.75, 3.05) is 11.6 Å². The van der Waals surface area contributed by atoms with Gasteiger partial charge in [0.2, 0.25) is 0 Å². The van der Waals surface area contributed by atoms with E-state index in [1.54, 1.807) is 11.8 Å². The quantitative estimate of drug-likeness (QED) is 0.450. The van der Waals surface area contributed by atoms with Crippen LogP contribution in [0.3, 0.4) is 0 Å². The van der Waals surface area contributed by atoms with Crippen LogP contribution in [0.5, 0.6) is 0 Å². The van der Waals surface area contributed by atoms with Gasteiger partial charge in [-0.3, -0.25) is 0 Å². The molecule has 0 saturated carbocycles. The van der Waals surface area contributed by atoms with E-state index in [0.29, 0.717) is 11.4 Å². The maximum absolute atomic E-state index is 8.84. The van der Waals surface area contributed by atoms with Gasteiger partial charge < -0.3 is 0 Å². The molecule has 0 aliphatic rings. The molecule has 14 heavy (non-hydrogen) atoms. The van der Waals surface area contributed by atoms with Crippen LogP contribution in [0.25, 0.3) is 0 Å². The van der Waals surface area contributed by atoms with Gasteiger partial charge in [-0.05, 0) is 25.5 Å². The molecule has 2 nitrogen and oxygen atoms in total. The van der Waals surface area contributed by atoms with E-state index in [4.69, 9.17) is 16.9 Å². The molecule has 1 rings (SSSR count). The fourth-order valence-corrected chi connectivity index (χ4v) is 2.20. The van der Waals surface area contributed by atoms with Crippen molar-refractivity contribution in [2.24, 2.45) is 0 Å². The van der Waals surface area contributed by atoms with E-state index in [1.807, 2.05) is 19.1 Å². The predicted octanol–water partition coefficient (Wildman–Crippen LogP) is 2.98. The Hall–Kier alpha value is -0.720. The second-order valence-corrected chi connectivity index (χ2v) is 4.27. The standard InChI is InChI=1S/C10H11ClN2S/c1-8-3-4-9(7-12)10(13-8)14-6-2-5-11/h3-4H,2,5-6H2,1H3. The molecule has 1 aromatic heterocycles. The number of aromatic nitrogens is 1. The number of rotatable bonds is 4. The zero-order valence-electron chi connectivity index (χ0n) is 7.96. The van der Waals surface area contributed by atoms with Crippen LogP contribution >= 0.6 is 23.4 Å². The van der Waals surface area contributed by atoms with E-state index in [0.717, 1.165) is 22.9 Å². The highest BCUT2D eigenvalue weighted by Crippen LogP contribution is 2.21. The summed E-state index contributed by atoms with van der Waals surface area (Å²) in [6.45, 7) is 1.92. The summed E-state index contributed by atoms with van der Waals surface area (Å²) in [6.07, 6.45) is 0.937. The van der Waals surface area contributed by atoms with Crippen LogP contribution in [0.15, 0.2) is 17.2 Å². The number of hydrogen-bond donors (Lipinski definition) is 0. The Morgan fingerprint density at radius 3 is 3.00 bits per heavy atom. The number of nitrogens with zero attached hydrogens (tertiary/aromatic N) is 2. The van der Waals surface area contributed by atoms with Crippen molar-refractivity contribution in [3.05, 3.63) is 23.4 Å². The third-order valence-corrected chi connectivity index (χ3v) is 2.98. The minimum absolute atomic E-state index is 0.648. The summed E-state index contributed by atoms with van der Waals surface area (Å²) in [7, 11) is 0. The maximum atomic E-state index is 8.84. The highest BCUT2D eigenvalue weighted by atomic mass is 35.5. The van der Waals surface area contributed by atoms with E-state index in [9.17, 15) is 0 Å². The Labute approximate surface area is 93.3 Å². The minimum atomic E-state index is 0.648. The van der Waals surface area contributed by atoms with Gasteiger partial charge >= 0.3 is 0 Å². The van der Waals surface area contributed by atoms with Gasteiger partial charge in [0.15, 0.2) is 0 Å². The number of hydrogen-bond acceptors (Lipinski definition) is 3. The molecule has 1 aromatic rings. The average molecular weight is 227 g/mol. The third-order valence-electron chi connectivity index (χ3n) is 1.64. The van der Waals surface area contributed by atoms with Gasteiger partial charge in [-0.2, -0.15) is 5.26 Å². The normalized spacial score (nSPS) is 9.79. The first-order valence-corrected chi connectivity index (χ1v) is 5.86. The smallest absolute Gasteiger partial charge is 0.114 e. The molecule has 0 amide bonds. The topological polar surface area (TPSA) is 36.7 Å². The van der Waals surface area contributed by atoms with Crippen LogP contribution in [0.2, 0.25) is 0 Å². The summed E-state index contributed by atoms with van der Waals surface area (Å²) < 4.78 is 0. The number of aryl methyl sites for hydroxylation is 1. The Kier molecular flexibility index (Phi) is 4.78. The molecule has 74 valence electrons. The van der Waals surface area contributed by atoms with Crippen molar-refractivity contribution in [1.82, 2.24) is 4.98 Å². The summed E-state index contributed by atoms with van der Waals surface area (Å²) in [5, 5.41) is 9.65. The van der Waals surface area contributed by atoms with Gasteiger partial charge in [0.05, 0.1) is 5.56 Å². The zero-order valence-corrected chi connectivity index (χ0v) is 9.53. The second-order valence-electron chi connectivity index (χ2n) is 2.81. The van der Waals surface area contributed by atoms with Gasteiger partial charge in [-0.25, -0.2) is 4.98 Å². The highest BCUT2D eigenvalue weighted by Gasteiger charge is 2.03. The molecule has 0 bridgehead atoms. The second kappa shape index (κ2) is 5.90. The lowest BCUT2D eigenvalue weighted by Crippen LogP contribution is -1.91. The van der Waals surface area contributed by atoms with Gasteiger partial charge in [-0.1, -0.05) is 0 Å². The van der Waals surface area contributed by atoms with Crippen molar-refractivity contribution in [2.45, 2.75) is 18.4 Å². The molecule has 0 fully saturated rings. The van der Waals surface area contributed by atoms with E-state index < -0.39 is 0 Å². The van der Waals surface area contributed by atoms with Gasteiger partial charge in [0, 0.05) is 17.3 Å². The first kappa shape index (κ1) is 11.4. The number of nitriles is 1. The minimum Gasteiger partial charge on any atom is -0.245 e. The number of thioether (sulfide) groups is 1. The molecule has 0 radical (unpaired) electrons. The maximum Gasteiger partial charge on any atom is 0.114 e. The summed E-state index contributed by atoms with van der Waals surface area (Å²) >= 11 is 7.17. The van der Waals surface area contributed by atoms with Crippen molar-refractivity contribution < 1.29 is 0 Å². The Bertz CT molecular complexity index is 346. The molecule has 0 N–H and O–H groups in total. The molecular formula is C10H11ClN2S. The first-order valence-electron chi connectivity index (χ1n) is 4.34. The summed E-state index contributed by atoms with van der Waals surface area (Å²) in [4.78, 5) is 4.31. The summed E-state index contributed by atoms with van der Waals surface area (Å²) in [5.41, 5.74) is 1.59. The van der Waals surface area contributed by atoms with E-state index in [2.05, 4.69) is 11.1 Å². The SMILES string of the molecule is Cc1ccc(C#N)c(SCCCCl)n1. The Morgan fingerprint density at radius 1 is 1.57 bits per heavy atom. The van der Waals surface area contributed by atoms with Crippen LogP contribution < -0.4 is 0 Å². The van der Waals surface area contributed by atoms with Crippen LogP contribution in [-0.2, 0) is 0 Å². The van der Waals surface area contributed by atoms with Crippen molar-refractivity contribution in [3.8, 4) is 6.07 Å². The molecule has 4 heteroatoms. The monoisotopic (exact) mass is 226 g/mol. The zero-order chi connectivity index (χ0) is 10.4. The number of alkyl halides is 1. The lowest BCUT2D eigenvalue weighted by molar-refractivity contribution is 1.04. The molecular weight excluding hydrogens is 216 g/mol. The van der Waals surface area contributed by atoms with Crippen molar-refractivity contribution in [3.63, 3.8) is 0 Å². The molecule has 0 aliphatic carbocycles. The fraction of sp³-hybridized carbons (Fsp3) is 0.400. The predicted molar refractivity (Wildman–Crippen MR) is 59.8 cm³/mol. The average Bonchev–Trinajstić information content (AvgIpc) is 2.19. The summed E-state index contributed by atoms with van der Waals surface area (Å²) in [5.74, 6) is 1.56. The Morgan fingerprint density at radius 2 is 2.36 bits per heavy atom. The van der Waals surface area contributed by atoms with E-state index >= 15 is 0 Å². The van der Waals surface area contributed by atoms with Crippen LogP contribution in [0.4, 0.5) is 0 Å². The molecule has 0 aliphatic heterocycles. The molecule has 0 spiro atoms. The lowest BCUT2D eigenvalue weighted by Gasteiger charge is -2.02. The van der Waals surface area contributed by atoms with Gasteiger partial charge in [0.25, 0.3) is 0 Å². The molecule has 0 aromatic carbocycles. The van der Waals surface area contributed by atoms with Gasteiger partial charge in [0.1, 0.15) is 11.1 Å². The third kappa shape index (κ3) is 3.21. The van der Waals surface area contributed by atoms with Crippen LogP contribution in [0.1, 0.15) is 17.7 Å². The first-order chi connectivity index (χ1) is 6.77. The molecule has 0 saturated heterocycles. The molecule has 0 atom stereocenters. The Balaban J connectivity index is 2.73. The van der Waals surface area contributed by atoms with E-state index in [1.165, 1.54) is 0 Å². The number of pyridine rings is 1. The van der Waals surface area contributed by atoms with Crippen LogP contribution in [0, 0.1) is 18.3 Å². The van der Waals surface area contributed by atoms with Gasteiger partial charge in [-0.15, -0.1) is 23.4 Å². The van der Waals surface area contributed by atoms with E-state index in [-0.39, 0.29) is 0 Å². The number of halogens is 1. The van der Waals surface area contributed by atoms with Crippen molar-refractivity contribution in [1.29, 1.82) is 5.26 Å². The lowest BCUT2D eigenvalue weighted by atomic mass is 10.3. The fourth-order valence-electron chi connectivity index (χ4n) is 0.951. The molecule has 0 unspecified atom stereocenters. The van der Waals surface area contributed by atoms with Crippen LogP contribution in [-0.4, -0.2) is 16.6 Å². The van der Waals surface area contributed by atoms with Crippen molar-refractivity contribution >= 4 is 23.4 Å². The summed E-state index contributed by atoms with van der Waals surface area (Å²) in [6, 6.07) is 5.80. The highest BCUT2D eigenvalue weighted by molar-refractivity contribution is 7.99. The molecule has 1 heterocycles.